The highest BCUT2D eigenvalue weighted by atomic mass is 32.2. The minimum Gasteiger partial charge on any atom is -0.338 e. The fraction of sp³-hybridized carbons (Fsp3) is 0.429. The number of benzene rings is 1. The molecule has 5 heteroatoms. The first-order chi connectivity index (χ1) is 9.31. The van der Waals surface area contributed by atoms with Gasteiger partial charge in [-0.3, -0.25) is 0 Å². The molecular formula is C14H17N3OS. The van der Waals surface area contributed by atoms with Crippen molar-refractivity contribution in [3.63, 3.8) is 0 Å². The Kier molecular flexibility index (Phi) is 3.84. The summed E-state index contributed by atoms with van der Waals surface area (Å²) in [5.74, 6) is 2.26. The topological polar surface area (TPSA) is 51.0 Å². The van der Waals surface area contributed by atoms with Crippen molar-refractivity contribution in [1.82, 2.24) is 15.5 Å². The zero-order valence-electron chi connectivity index (χ0n) is 10.9. The summed E-state index contributed by atoms with van der Waals surface area (Å²) in [5.41, 5.74) is 1.27. The second-order valence-corrected chi connectivity index (χ2v) is 5.85. The number of rotatable bonds is 4. The van der Waals surface area contributed by atoms with Crippen LogP contribution in [0.5, 0.6) is 0 Å². The van der Waals surface area contributed by atoms with Gasteiger partial charge >= 0.3 is 0 Å². The second-order valence-electron chi connectivity index (χ2n) is 4.80. The molecule has 0 saturated carbocycles. The number of hydrogen-bond acceptors (Lipinski definition) is 5. The molecule has 1 fully saturated rings. The molecule has 19 heavy (non-hydrogen) atoms. The van der Waals surface area contributed by atoms with Crippen molar-refractivity contribution in [3.05, 3.63) is 41.5 Å². The predicted molar refractivity (Wildman–Crippen MR) is 75.0 cm³/mol. The van der Waals surface area contributed by atoms with Crippen LogP contribution in [0.2, 0.25) is 0 Å². The first-order valence-corrected chi connectivity index (χ1v) is 7.55. The van der Waals surface area contributed by atoms with Crippen molar-refractivity contribution >= 4 is 11.8 Å². The summed E-state index contributed by atoms with van der Waals surface area (Å²) in [5, 5.41) is 7.42. The summed E-state index contributed by atoms with van der Waals surface area (Å²) in [6.07, 6.45) is 2.27. The molecule has 1 aliphatic heterocycles. The summed E-state index contributed by atoms with van der Waals surface area (Å²) in [6, 6.07) is 8.70. The van der Waals surface area contributed by atoms with Crippen LogP contribution in [-0.4, -0.2) is 16.7 Å². The molecule has 100 valence electrons. The van der Waals surface area contributed by atoms with Crippen LogP contribution in [0.1, 0.15) is 36.2 Å². The zero-order valence-corrected chi connectivity index (χ0v) is 11.7. The summed E-state index contributed by atoms with van der Waals surface area (Å²) in [6.45, 7) is 3.14. The SMILES string of the molecule is Cc1cccc(SCc2noc([C@@H]3CCCN3)n2)c1. The van der Waals surface area contributed by atoms with Crippen molar-refractivity contribution in [2.24, 2.45) is 0 Å². The van der Waals surface area contributed by atoms with Crippen molar-refractivity contribution < 1.29 is 4.52 Å². The van der Waals surface area contributed by atoms with Crippen LogP contribution in [0.25, 0.3) is 0 Å². The van der Waals surface area contributed by atoms with Crippen LogP contribution in [0.3, 0.4) is 0 Å². The van der Waals surface area contributed by atoms with Crippen molar-refractivity contribution in [3.8, 4) is 0 Å². The number of aryl methyl sites for hydroxylation is 1. The van der Waals surface area contributed by atoms with E-state index in [1.165, 1.54) is 16.9 Å². The molecule has 0 bridgehead atoms. The van der Waals surface area contributed by atoms with Crippen LogP contribution in [0.15, 0.2) is 33.7 Å². The highest BCUT2D eigenvalue weighted by Gasteiger charge is 2.22. The molecule has 1 saturated heterocycles. The average molecular weight is 275 g/mol. The zero-order chi connectivity index (χ0) is 13.1. The molecule has 2 aromatic rings. The van der Waals surface area contributed by atoms with E-state index < -0.39 is 0 Å². The molecule has 4 nitrogen and oxygen atoms in total. The van der Waals surface area contributed by atoms with Gasteiger partial charge in [0.05, 0.1) is 11.8 Å². The van der Waals surface area contributed by atoms with E-state index in [9.17, 15) is 0 Å². The monoisotopic (exact) mass is 275 g/mol. The Labute approximate surface area is 117 Å². The van der Waals surface area contributed by atoms with Gasteiger partial charge in [0.15, 0.2) is 5.82 Å². The van der Waals surface area contributed by atoms with Gasteiger partial charge in [-0.15, -0.1) is 11.8 Å². The van der Waals surface area contributed by atoms with E-state index in [-0.39, 0.29) is 6.04 Å². The van der Waals surface area contributed by atoms with Crippen LogP contribution in [0, 0.1) is 6.92 Å². The van der Waals surface area contributed by atoms with Crippen molar-refractivity contribution in [1.29, 1.82) is 0 Å². The Balaban J connectivity index is 1.61. The molecule has 0 unspecified atom stereocenters. The first kappa shape index (κ1) is 12.7. The standard InChI is InChI=1S/C14H17N3OS/c1-10-4-2-5-11(8-10)19-9-13-16-14(18-17-13)12-6-3-7-15-12/h2,4-5,8,12,15H,3,6-7,9H2,1H3/t12-/m0/s1. The minimum atomic E-state index is 0.255. The summed E-state index contributed by atoms with van der Waals surface area (Å²) < 4.78 is 5.32. The molecule has 0 amide bonds. The predicted octanol–water partition coefficient (Wildman–Crippen LogP) is 3.09. The second kappa shape index (κ2) is 5.75. The van der Waals surface area contributed by atoms with Crippen molar-refractivity contribution in [2.75, 3.05) is 6.54 Å². The lowest BCUT2D eigenvalue weighted by molar-refractivity contribution is 0.342. The third-order valence-electron chi connectivity index (χ3n) is 3.20. The largest absolute Gasteiger partial charge is 0.338 e. The van der Waals surface area contributed by atoms with E-state index in [0.717, 1.165) is 30.4 Å². The number of thioether (sulfide) groups is 1. The maximum absolute atomic E-state index is 5.32. The molecule has 1 N–H and O–H groups in total. The van der Waals surface area contributed by atoms with Gasteiger partial charge in [-0.1, -0.05) is 22.9 Å². The Morgan fingerprint density at radius 2 is 2.42 bits per heavy atom. The van der Waals surface area contributed by atoms with Crippen LogP contribution >= 0.6 is 11.8 Å². The lowest BCUT2D eigenvalue weighted by atomic mass is 10.2. The molecule has 0 spiro atoms. The van der Waals surface area contributed by atoms with E-state index in [4.69, 9.17) is 4.52 Å². The van der Waals surface area contributed by atoms with Gasteiger partial charge in [-0.25, -0.2) is 0 Å². The fourth-order valence-corrected chi connectivity index (χ4v) is 3.07. The Hall–Kier alpha value is -1.33. The number of nitrogens with one attached hydrogen (secondary N) is 1. The minimum absolute atomic E-state index is 0.255. The highest BCUT2D eigenvalue weighted by molar-refractivity contribution is 7.98. The third kappa shape index (κ3) is 3.16. The number of hydrogen-bond donors (Lipinski definition) is 1. The number of aromatic nitrogens is 2. The molecule has 0 aliphatic carbocycles. The molecule has 3 rings (SSSR count). The van der Waals surface area contributed by atoms with Gasteiger partial charge in [0.1, 0.15) is 0 Å². The normalized spacial score (nSPS) is 18.9. The van der Waals surface area contributed by atoms with Gasteiger partial charge in [0.25, 0.3) is 0 Å². The van der Waals surface area contributed by atoms with E-state index in [1.807, 2.05) is 0 Å². The van der Waals surface area contributed by atoms with Gasteiger partial charge in [-0.05, 0) is 38.4 Å². The molecule has 0 radical (unpaired) electrons. The Morgan fingerprint density at radius 1 is 1.47 bits per heavy atom. The molecular weight excluding hydrogens is 258 g/mol. The summed E-state index contributed by atoms with van der Waals surface area (Å²) >= 11 is 1.74. The first-order valence-electron chi connectivity index (χ1n) is 6.56. The van der Waals surface area contributed by atoms with Crippen molar-refractivity contribution in [2.45, 2.75) is 36.5 Å². The van der Waals surface area contributed by atoms with Gasteiger partial charge < -0.3 is 9.84 Å². The van der Waals surface area contributed by atoms with E-state index in [2.05, 4.69) is 46.6 Å². The number of nitrogens with zero attached hydrogens (tertiary/aromatic N) is 2. The van der Waals surface area contributed by atoms with Gasteiger partial charge in [0.2, 0.25) is 5.89 Å². The smallest absolute Gasteiger partial charge is 0.243 e. The van der Waals surface area contributed by atoms with Gasteiger partial charge in [0, 0.05) is 4.90 Å². The van der Waals surface area contributed by atoms with Crippen LogP contribution in [0.4, 0.5) is 0 Å². The lowest BCUT2D eigenvalue weighted by Gasteiger charge is -2.01. The fourth-order valence-electron chi connectivity index (χ4n) is 2.22. The molecule has 1 aromatic heterocycles. The van der Waals surface area contributed by atoms with Crippen LogP contribution in [-0.2, 0) is 5.75 Å². The summed E-state index contributed by atoms with van der Waals surface area (Å²) in [7, 11) is 0. The summed E-state index contributed by atoms with van der Waals surface area (Å²) in [4.78, 5) is 5.71. The lowest BCUT2D eigenvalue weighted by Crippen LogP contribution is -2.13. The quantitative estimate of drug-likeness (QED) is 0.869. The Bertz CT molecular complexity index is 549. The maximum atomic E-state index is 5.32. The highest BCUT2D eigenvalue weighted by Crippen LogP contribution is 2.25. The molecule has 1 aliphatic rings. The average Bonchev–Trinajstić information content (AvgIpc) is 3.07. The maximum Gasteiger partial charge on any atom is 0.243 e. The van der Waals surface area contributed by atoms with E-state index in [0.29, 0.717) is 0 Å². The Morgan fingerprint density at radius 3 is 3.21 bits per heavy atom. The van der Waals surface area contributed by atoms with E-state index in [1.54, 1.807) is 11.8 Å². The van der Waals surface area contributed by atoms with Crippen LogP contribution < -0.4 is 5.32 Å². The van der Waals surface area contributed by atoms with Gasteiger partial charge in [-0.2, -0.15) is 4.98 Å². The molecule has 2 heterocycles. The molecule has 1 aromatic carbocycles. The molecule has 1 atom stereocenters. The van der Waals surface area contributed by atoms with E-state index >= 15 is 0 Å². The third-order valence-corrected chi connectivity index (χ3v) is 4.19.